The highest BCUT2D eigenvalue weighted by Gasteiger charge is 2.09. The van der Waals surface area contributed by atoms with Crippen molar-refractivity contribution in [2.24, 2.45) is 0 Å². The average molecular weight is 379 g/mol. The Bertz CT molecular complexity index is 938. The first-order valence-electron chi connectivity index (χ1n) is 10.5. The molecule has 0 unspecified atom stereocenters. The SMILES string of the molecule is CCCCCCCc1ccc(-c2cc3ccc(OCCC)cc3oc2=O)cc1. The summed E-state index contributed by atoms with van der Waals surface area (Å²) in [7, 11) is 0. The van der Waals surface area contributed by atoms with E-state index in [9.17, 15) is 4.79 Å². The summed E-state index contributed by atoms with van der Waals surface area (Å²) in [6, 6.07) is 15.9. The standard InChI is InChI=1S/C25H30O3/c1-3-5-6-7-8-9-19-10-12-20(13-11-19)23-17-21-14-15-22(27-16-4-2)18-24(21)28-25(23)26/h10-15,17-18H,3-9,16H2,1-2H3. The van der Waals surface area contributed by atoms with Gasteiger partial charge in [0.05, 0.1) is 12.2 Å². The van der Waals surface area contributed by atoms with Crippen LogP contribution in [0.4, 0.5) is 0 Å². The number of benzene rings is 2. The fourth-order valence-corrected chi connectivity index (χ4v) is 3.39. The van der Waals surface area contributed by atoms with Crippen molar-refractivity contribution in [3.05, 3.63) is 64.5 Å². The Morgan fingerprint density at radius 1 is 0.857 bits per heavy atom. The highest BCUT2D eigenvalue weighted by Crippen LogP contribution is 2.25. The molecule has 0 amide bonds. The van der Waals surface area contributed by atoms with Gasteiger partial charge in [0.25, 0.3) is 0 Å². The lowest BCUT2D eigenvalue weighted by molar-refractivity contribution is 0.317. The summed E-state index contributed by atoms with van der Waals surface area (Å²) in [4.78, 5) is 12.5. The van der Waals surface area contributed by atoms with Gasteiger partial charge >= 0.3 is 5.63 Å². The van der Waals surface area contributed by atoms with Gasteiger partial charge in [-0.3, -0.25) is 0 Å². The molecule has 0 aliphatic rings. The molecule has 3 nitrogen and oxygen atoms in total. The van der Waals surface area contributed by atoms with Crippen molar-refractivity contribution < 1.29 is 9.15 Å². The number of hydrogen-bond donors (Lipinski definition) is 0. The number of rotatable bonds is 10. The van der Waals surface area contributed by atoms with Crippen LogP contribution >= 0.6 is 0 Å². The Morgan fingerprint density at radius 2 is 1.64 bits per heavy atom. The molecule has 28 heavy (non-hydrogen) atoms. The second-order valence-electron chi connectivity index (χ2n) is 7.36. The molecule has 0 saturated heterocycles. The predicted octanol–water partition coefficient (Wildman–Crippen LogP) is 6.76. The first-order chi connectivity index (χ1) is 13.7. The molecule has 3 aromatic rings. The van der Waals surface area contributed by atoms with Gasteiger partial charge in [-0.2, -0.15) is 0 Å². The fourth-order valence-electron chi connectivity index (χ4n) is 3.39. The zero-order valence-electron chi connectivity index (χ0n) is 17.0. The lowest BCUT2D eigenvalue weighted by Crippen LogP contribution is -2.03. The molecular formula is C25H30O3. The van der Waals surface area contributed by atoms with Crippen molar-refractivity contribution in [3.8, 4) is 16.9 Å². The predicted molar refractivity (Wildman–Crippen MR) is 116 cm³/mol. The minimum atomic E-state index is -0.313. The van der Waals surface area contributed by atoms with E-state index < -0.39 is 0 Å². The summed E-state index contributed by atoms with van der Waals surface area (Å²) < 4.78 is 11.2. The lowest BCUT2D eigenvalue weighted by atomic mass is 10.0. The number of fused-ring (bicyclic) bond motifs is 1. The van der Waals surface area contributed by atoms with Crippen molar-refractivity contribution in [2.45, 2.75) is 58.8 Å². The van der Waals surface area contributed by atoms with Crippen LogP contribution in [0, 0.1) is 0 Å². The van der Waals surface area contributed by atoms with E-state index in [0.29, 0.717) is 17.8 Å². The van der Waals surface area contributed by atoms with Crippen LogP contribution < -0.4 is 10.4 Å². The molecule has 2 aromatic carbocycles. The summed E-state index contributed by atoms with van der Waals surface area (Å²) in [5.74, 6) is 0.730. The van der Waals surface area contributed by atoms with Crippen molar-refractivity contribution in [2.75, 3.05) is 6.61 Å². The minimum Gasteiger partial charge on any atom is -0.493 e. The number of aryl methyl sites for hydroxylation is 1. The molecule has 0 aliphatic heterocycles. The van der Waals surface area contributed by atoms with E-state index in [4.69, 9.17) is 9.15 Å². The third-order valence-electron chi connectivity index (χ3n) is 5.01. The zero-order chi connectivity index (χ0) is 19.8. The molecule has 0 saturated carbocycles. The first-order valence-corrected chi connectivity index (χ1v) is 10.5. The summed E-state index contributed by atoms with van der Waals surface area (Å²) in [5, 5.41) is 0.901. The normalized spacial score (nSPS) is 11.1. The molecule has 1 aromatic heterocycles. The molecule has 0 atom stereocenters. The van der Waals surface area contributed by atoms with Crippen LogP contribution in [0.1, 0.15) is 57.9 Å². The van der Waals surface area contributed by atoms with Gasteiger partial charge in [0, 0.05) is 11.5 Å². The molecule has 1 heterocycles. The van der Waals surface area contributed by atoms with Gasteiger partial charge in [-0.1, -0.05) is 63.8 Å². The Kier molecular flexibility index (Phi) is 7.30. The third-order valence-corrected chi connectivity index (χ3v) is 5.01. The van der Waals surface area contributed by atoms with Gasteiger partial charge in [-0.25, -0.2) is 4.79 Å². The van der Waals surface area contributed by atoms with Gasteiger partial charge in [0.2, 0.25) is 0 Å². The zero-order valence-corrected chi connectivity index (χ0v) is 17.0. The molecule has 148 valence electrons. The van der Waals surface area contributed by atoms with E-state index in [1.165, 1.54) is 37.7 Å². The van der Waals surface area contributed by atoms with Crippen LogP contribution in [-0.4, -0.2) is 6.61 Å². The summed E-state index contributed by atoms with van der Waals surface area (Å²) >= 11 is 0. The Hall–Kier alpha value is -2.55. The molecule has 0 spiro atoms. The van der Waals surface area contributed by atoms with E-state index in [-0.39, 0.29) is 5.63 Å². The van der Waals surface area contributed by atoms with Crippen LogP contribution in [-0.2, 0) is 6.42 Å². The van der Waals surface area contributed by atoms with Crippen LogP contribution in [0.2, 0.25) is 0 Å². The van der Waals surface area contributed by atoms with Crippen molar-refractivity contribution >= 4 is 11.0 Å². The van der Waals surface area contributed by atoms with Crippen LogP contribution in [0.3, 0.4) is 0 Å². The third kappa shape index (κ3) is 5.25. The maximum Gasteiger partial charge on any atom is 0.344 e. The molecule has 3 rings (SSSR count). The van der Waals surface area contributed by atoms with Gasteiger partial charge in [-0.05, 0) is 48.6 Å². The molecule has 0 N–H and O–H groups in total. The number of unbranched alkanes of at least 4 members (excludes halogenated alkanes) is 4. The van der Waals surface area contributed by atoms with Crippen molar-refractivity contribution in [1.82, 2.24) is 0 Å². The summed E-state index contributed by atoms with van der Waals surface area (Å²) in [5.41, 5.74) is 3.07. The second kappa shape index (κ2) is 10.1. The Balaban J connectivity index is 1.73. The second-order valence-corrected chi connectivity index (χ2v) is 7.36. The van der Waals surface area contributed by atoms with Crippen LogP contribution in [0.25, 0.3) is 22.1 Å². The minimum absolute atomic E-state index is 0.313. The monoisotopic (exact) mass is 378 g/mol. The van der Waals surface area contributed by atoms with Gasteiger partial charge in [-0.15, -0.1) is 0 Å². The molecule has 3 heteroatoms. The van der Waals surface area contributed by atoms with Crippen molar-refractivity contribution in [3.63, 3.8) is 0 Å². The van der Waals surface area contributed by atoms with Gasteiger partial charge in [0.1, 0.15) is 11.3 Å². The van der Waals surface area contributed by atoms with E-state index in [2.05, 4.69) is 26.0 Å². The average Bonchev–Trinajstić information content (AvgIpc) is 2.72. The molecule has 0 aliphatic carbocycles. The summed E-state index contributed by atoms with van der Waals surface area (Å²) in [6.45, 7) is 4.95. The lowest BCUT2D eigenvalue weighted by Gasteiger charge is -2.07. The molecular weight excluding hydrogens is 348 g/mol. The van der Waals surface area contributed by atoms with E-state index in [1.54, 1.807) is 6.07 Å². The van der Waals surface area contributed by atoms with Crippen LogP contribution in [0.5, 0.6) is 5.75 Å². The summed E-state index contributed by atoms with van der Waals surface area (Å²) in [6.07, 6.45) is 8.46. The van der Waals surface area contributed by atoms with E-state index in [1.807, 2.05) is 30.3 Å². The molecule has 0 radical (unpaired) electrons. The number of ether oxygens (including phenoxy) is 1. The van der Waals surface area contributed by atoms with Gasteiger partial charge < -0.3 is 9.15 Å². The number of hydrogen-bond acceptors (Lipinski definition) is 3. The smallest absolute Gasteiger partial charge is 0.344 e. The Labute approximate surface area is 167 Å². The van der Waals surface area contributed by atoms with Gasteiger partial charge in [0.15, 0.2) is 0 Å². The van der Waals surface area contributed by atoms with E-state index >= 15 is 0 Å². The first kappa shape index (κ1) is 20.2. The Morgan fingerprint density at radius 3 is 2.39 bits per heavy atom. The highest BCUT2D eigenvalue weighted by atomic mass is 16.5. The van der Waals surface area contributed by atoms with Crippen molar-refractivity contribution in [1.29, 1.82) is 0 Å². The molecule has 0 bridgehead atoms. The quantitative estimate of drug-likeness (QED) is 0.289. The maximum atomic E-state index is 12.5. The maximum absolute atomic E-state index is 12.5. The van der Waals surface area contributed by atoms with Crippen LogP contribution in [0.15, 0.2) is 57.7 Å². The highest BCUT2D eigenvalue weighted by molar-refractivity contribution is 5.82. The topological polar surface area (TPSA) is 39.4 Å². The largest absolute Gasteiger partial charge is 0.493 e. The van der Waals surface area contributed by atoms with E-state index in [0.717, 1.165) is 29.5 Å². The molecule has 0 fully saturated rings. The fraction of sp³-hybridized carbons (Fsp3) is 0.400.